The Kier molecular flexibility index (Phi) is 11.9. The number of hydrogen-bond acceptors (Lipinski definition) is 2. The first kappa shape index (κ1) is 11.8. The fraction of sp³-hybridized carbons (Fsp3) is 1.00. The zero-order chi connectivity index (χ0) is 5.70. The first-order chi connectivity index (χ1) is 3.27. The molecule has 0 saturated carbocycles. The molecule has 0 aromatic carbocycles. The standard InChI is InChI=1S/C4H10O2P.Na/c1-4(2)3-6-7-5;/h4,7H,3H2,1-2H3;/q+1;. The molecule has 0 aliphatic carbocycles. The van der Waals surface area contributed by atoms with E-state index >= 15 is 0 Å². The molecule has 0 rings (SSSR count). The van der Waals surface area contributed by atoms with Crippen LogP contribution in [-0.2, 0) is 9.09 Å². The monoisotopic (exact) mass is 144 g/mol. The van der Waals surface area contributed by atoms with Crippen LogP contribution < -0.4 is 0 Å². The van der Waals surface area contributed by atoms with Gasteiger partial charge in [0, 0.05) is 29.6 Å². The molecule has 0 heterocycles. The molecule has 1 atom stereocenters. The Labute approximate surface area is 73.6 Å². The molecule has 43 valence electrons. The minimum atomic E-state index is -0.599. The number of hydrogen-bond donors (Lipinski definition) is 0. The van der Waals surface area contributed by atoms with Crippen LogP contribution in [0.5, 0.6) is 0 Å². The Morgan fingerprint density at radius 3 is 2.25 bits per heavy atom. The summed E-state index contributed by atoms with van der Waals surface area (Å²) >= 11 is 0. The summed E-state index contributed by atoms with van der Waals surface area (Å²) in [5.41, 5.74) is 0. The summed E-state index contributed by atoms with van der Waals surface area (Å²) in [7, 11) is -0.599. The molecule has 0 bridgehead atoms. The minimum absolute atomic E-state index is 0. The van der Waals surface area contributed by atoms with Crippen LogP contribution in [0.4, 0.5) is 0 Å². The van der Waals surface area contributed by atoms with Crippen LogP contribution in [0.2, 0.25) is 0 Å². The Morgan fingerprint density at radius 2 is 2.12 bits per heavy atom. The molecular weight excluding hydrogens is 134 g/mol. The van der Waals surface area contributed by atoms with Gasteiger partial charge in [-0.3, -0.25) is 0 Å². The SMILES string of the molecule is CC(C)CO[PH+]=O.[Na]. The summed E-state index contributed by atoms with van der Waals surface area (Å²) < 4.78 is 14.2. The molecule has 0 aliphatic heterocycles. The second-order valence-electron chi connectivity index (χ2n) is 1.79. The molecule has 0 aliphatic rings. The fourth-order valence-electron chi connectivity index (χ4n) is 0.201. The third-order valence-electron chi connectivity index (χ3n) is 0.476. The third kappa shape index (κ3) is 10.1. The average Bonchev–Trinajstić information content (AvgIpc) is 1.61. The van der Waals surface area contributed by atoms with Crippen LogP contribution in [0.3, 0.4) is 0 Å². The van der Waals surface area contributed by atoms with E-state index in [1.165, 1.54) is 0 Å². The van der Waals surface area contributed by atoms with Gasteiger partial charge in [-0.25, -0.2) is 0 Å². The first-order valence-corrected chi connectivity index (χ1v) is 3.08. The third-order valence-corrected chi connectivity index (χ3v) is 0.760. The van der Waals surface area contributed by atoms with Crippen LogP contribution in [-0.4, -0.2) is 36.2 Å². The van der Waals surface area contributed by atoms with Crippen molar-refractivity contribution >= 4 is 38.2 Å². The second-order valence-corrected chi connectivity index (χ2v) is 2.24. The van der Waals surface area contributed by atoms with Crippen molar-refractivity contribution in [3.05, 3.63) is 0 Å². The van der Waals surface area contributed by atoms with E-state index in [2.05, 4.69) is 4.52 Å². The van der Waals surface area contributed by atoms with E-state index in [9.17, 15) is 4.57 Å². The predicted octanol–water partition coefficient (Wildman–Crippen LogP) is 1.22. The van der Waals surface area contributed by atoms with E-state index in [0.717, 1.165) is 0 Å². The van der Waals surface area contributed by atoms with E-state index < -0.39 is 8.69 Å². The summed E-state index contributed by atoms with van der Waals surface area (Å²) in [5, 5.41) is 0. The summed E-state index contributed by atoms with van der Waals surface area (Å²) in [4.78, 5) is 0. The Bertz CT molecular complexity index is 58.0. The van der Waals surface area contributed by atoms with Crippen LogP contribution in [0.25, 0.3) is 0 Å². The van der Waals surface area contributed by atoms with Crippen molar-refractivity contribution in [2.75, 3.05) is 6.61 Å². The van der Waals surface area contributed by atoms with Crippen LogP contribution >= 0.6 is 8.69 Å². The number of rotatable bonds is 3. The van der Waals surface area contributed by atoms with E-state index in [4.69, 9.17) is 0 Å². The maximum Gasteiger partial charge on any atom is 0.494 e. The van der Waals surface area contributed by atoms with E-state index in [0.29, 0.717) is 12.5 Å². The molecule has 0 fully saturated rings. The Balaban J connectivity index is 0. The van der Waals surface area contributed by atoms with E-state index in [1.54, 1.807) is 0 Å². The quantitative estimate of drug-likeness (QED) is 0.439. The van der Waals surface area contributed by atoms with E-state index in [-0.39, 0.29) is 29.6 Å². The van der Waals surface area contributed by atoms with Gasteiger partial charge in [0.05, 0.1) is 0 Å². The fourth-order valence-corrected chi connectivity index (χ4v) is 0.602. The van der Waals surface area contributed by atoms with Gasteiger partial charge < -0.3 is 0 Å². The van der Waals surface area contributed by atoms with Crippen molar-refractivity contribution in [3.63, 3.8) is 0 Å². The smallest absolute Gasteiger partial charge is 0.148 e. The van der Waals surface area contributed by atoms with Crippen molar-refractivity contribution in [2.24, 2.45) is 5.92 Å². The van der Waals surface area contributed by atoms with Gasteiger partial charge in [-0.05, 0) is 10.5 Å². The molecule has 0 amide bonds. The summed E-state index contributed by atoms with van der Waals surface area (Å²) in [6, 6.07) is 0. The van der Waals surface area contributed by atoms with Crippen LogP contribution in [0.1, 0.15) is 13.8 Å². The Morgan fingerprint density at radius 1 is 1.62 bits per heavy atom. The van der Waals surface area contributed by atoms with Crippen molar-refractivity contribution in [2.45, 2.75) is 13.8 Å². The van der Waals surface area contributed by atoms with Crippen molar-refractivity contribution in [1.82, 2.24) is 0 Å². The van der Waals surface area contributed by atoms with Crippen LogP contribution in [0.15, 0.2) is 0 Å². The molecule has 0 aromatic heterocycles. The zero-order valence-corrected chi connectivity index (χ0v) is 8.60. The van der Waals surface area contributed by atoms with Gasteiger partial charge in [0.2, 0.25) is 0 Å². The van der Waals surface area contributed by atoms with Gasteiger partial charge in [0.15, 0.2) is 0 Å². The molecule has 1 unspecified atom stereocenters. The molecule has 4 heteroatoms. The zero-order valence-electron chi connectivity index (χ0n) is 5.60. The van der Waals surface area contributed by atoms with Gasteiger partial charge in [0.1, 0.15) is 6.61 Å². The van der Waals surface area contributed by atoms with Crippen molar-refractivity contribution in [1.29, 1.82) is 0 Å². The summed E-state index contributed by atoms with van der Waals surface area (Å²) in [5.74, 6) is 0.487. The van der Waals surface area contributed by atoms with E-state index in [1.807, 2.05) is 13.8 Å². The maximum atomic E-state index is 9.64. The topological polar surface area (TPSA) is 26.3 Å². The molecule has 8 heavy (non-hydrogen) atoms. The average molecular weight is 144 g/mol. The van der Waals surface area contributed by atoms with Crippen LogP contribution in [0, 0.1) is 5.92 Å². The van der Waals surface area contributed by atoms with Crippen molar-refractivity contribution < 1.29 is 9.09 Å². The largest absolute Gasteiger partial charge is 0.494 e. The molecule has 2 nitrogen and oxygen atoms in total. The summed E-state index contributed by atoms with van der Waals surface area (Å²) in [6.45, 7) is 4.63. The predicted molar refractivity (Wildman–Crippen MR) is 35.5 cm³/mol. The second kappa shape index (κ2) is 8.06. The molecular formula is C4H10NaO2P+. The maximum absolute atomic E-state index is 9.64. The van der Waals surface area contributed by atoms with Gasteiger partial charge in [-0.15, -0.1) is 4.52 Å². The van der Waals surface area contributed by atoms with Crippen molar-refractivity contribution in [3.8, 4) is 0 Å². The Hall–Kier alpha value is 1.06. The van der Waals surface area contributed by atoms with Gasteiger partial charge >= 0.3 is 8.69 Å². The minimum Gasteiger partial charge on any atom is -0.148 e. The van der Waals surface area contributed by atoms with Gasteiger partial charge in [-0.1, -0.05) is 13.8 Å². The first-order valence-electron chi connectivity index (χ1n) is 2.26. The van der Waals surface area contributed by atoms with Gasteiger partial charge in [-0.2, -0.15) is 0 Å². The van der Waals surface area contributed by atoms with Gasteiger partial charge in [0.25, 0.3) is 0 Å². The molecule has 0 N–H and O–H groups in total. The molecule has 0 spiro atoms. The summed E-state index contributed by atoms with van der Waals surface area (Å²) in [6.07, 6.45) is 0. The normalized spacial score (nSPS) is 9.38. The molecule has 1 radical (unpaired) electrons. The molecule has 0 saturated heterocycles. The molecule has 0 aromatic rings.